The Balaban J connectivity index is 1.70. The van der Waals surface area contributed by atoms with Crippen LogP contribution in [0.2, 0.25) is 0 Å². The van der Waals surface area contributed by atoms with Crippen LogP contribution >= 0.6 is 15.9 Å². The second-order valence-electron chi connectivity index (χ2n) is 8.86. The van der Waals surface area contributed by atoms with Gasteiger partial charge in [-0.1, -0.05) is 67.0 Å². The Morgan fingerprint density at radius 1 is 0.963 bits per heavy atom. The summed E-state index contributed by atoms with van der Waals surface area (Å²) in [5.41, 5.74) is 8.33. The number of nitrogens with zero attached hydrogens (tertiary/aromatic N) is 1. The van der Waals surface area contributed by atoms with E-state index in [1.54, 1.807) is 0 Å². The third-order valence-electron chi connectivity index (χ3n) is 5.84. The van der Waals surface area contributed by atoms with Crippen LogP contribution in [-0.2, 0) is 35.8 Å². The topological polar surface area (TPSA) is 21.6 Å². The van der Waals surface area contributed by atoms with Crippen LogP contribution in [0.5, 0.6) is 0 Å². The predicted octanol–water partition coefficient (Wildman–Crippen LogP) is 5.66. The molecule has 0 spiro atoms. The summed E-state index contributed by atoms with van der Waals surface area (Å²) in [4.78, 5) is 4.96. The number of alkyl halides is 1. The third-order valence-corrected chi connectivity index (χ3v) is 6.44. The lowest BCUT2D eigenvalue weighted by Crippen LogP contribution is -2.25. The van der Waals surface area contributed by atoms with E-state index in [0.29, 0.717) is 6.61 Å². The average Bonchev–Trinajstić information content (AvgIpc) is 3.14. The first kappa shape index (κ1) is 18.7. The normalized spacial score (nSPS) is 19.4. The summed E-state index contributed by atoms with van der Waals surface area (Å²) >= 11 is 3.66. The minimum absolute atomic E-state index is 0.133. The van der Waals surface area contributed by atoms with Gasteiger partial charge >= 0.3 is 0 Å². The lowest BCUT2D eigenvalue weighted by Gasteiger charge is -2.21. The predicted molar refractivity (Wildman–Crippen MR) is 116 cm³/mol. The van der Waals surface area contributed by atoms with Crippen molar-refractivity contribution in [3.63, 3.8) is 0 Å². The molecule has 7 rings (SSSR count). The minimum atomic E-state index is 0.133. The maximum absolute atomic E-state index is 6.07. The first-order valence-corrected chi connectivity index (χ1v) is 11.1. The summed E-state index contributed by atoms with van der Waals surface area (Å²) in [5.74, 6) is 0.846. The van der Waals surface area contributed by atoms with Gasteiger partial charge in [-0.3, -0.25) is 0 Å². The van der Waals surface area contributed by atoms with Crippen molar-refractivity contribution in [2.75, 3.05) is 6.61 Å². The van der Waals surface area contributed by atoms with Gasteiger partial charge in [0.25, 0.3) is 0 Å². The molecule has 5 aliphatic rings. The molecular formula is C24H28BrNO. The monoisotopic (exact) mass is 425 g/mol. The van der Waals surface area contributed by atoms with Crippen molar-refractivity contribution in [2.45, 2.75) is 57.8 Å². The number of rotatable bonds is 2. The quantitative estimate of drug-likeness (QED) is 0.568. The third kappa shape index (κ3) is 3.99. The van der Waals surface area contributed by atoms with Gasteiger partial charge in [0.05, 0.1) is 6.04 Å². The van der Waals surface area contributed by atoms with Gasteiger partial charge in [-0.15, -0.1) is 0 Å². The minimum Gasteiger partial charge on any atom is -0.475 e. The molecular weight excluding hydrogens is 398 g/mol. The molecule has 2 nitrogen and oxygen atoms in total. The molecule has 1 atom stereocenters. The van der Waals surface area contributed by atoms with Crippen LogP contribution in [0.25, 0.3) is 0 Å². The average molecular weight is 426 g/mol. The van der Waals surface area contributed by atoms with E-state index in [1.165, 1.54) is 33.4 Å². The Hall–Kier alpha value is -1.61. The molecule has 2 aromatic rings. The maximum atomic E-state index is 6.07. The SMILES string of the molecule is CC(C)(C)[C@H]1COC(c2cc3ccc2CCc2ccc(c(CBr)c2)CC3)=N1. The molecule has 0 unspecified atom stereocenters. The number of aryl methyl sites for hydroxylation is 4. The summed E-state index contributed by atoms with van der Waals surface area (Å²) in [6.07, 6.45) is 4.17. The van der Waals surface area contributed by atoms with Gasteiger partial charge in [0.2, 0.25) is 5.90 Å². The van der Waals surface area contributed by atoms with E-state index < -0.39 is 0 Å². The fourth-order valence-corrected chi connectivity index (χ4v) is 4.44. The van der Waals surface area contributed by atoms with E-state index in [9.17, 15) is 0 Å². The van der Waals surface area contributed by atoms with Crippen molar-refractivity contribution in [1.82, 2.24) is 0 Å². The van der Waals surface area contributed by atoms with Crippen molar-refractivity contribution in [1.29, 1.82) is 0 Å². The number of benzene rings is 2. The Kier molecular flexibility index (Phi) is 5.15. The number of hydrogen-bond donors (Lipinski definition) is 0. The highest BCUT2D eigenvalue weighted by molar-refractivity contribution is 9.08. The highest BCUT2D eigenvalue weighted by atomic mass is 79.9. The Morgan fingerprint density at radius 3 is 2.30 bits per heavy atom. The van der Waals surface area contributed by atoms with Crippen molar-refractivity contribution in [2.24, 2.45) is 10.4 Å². The molecule has 0 aromatic heterocycles. The van der Waals surface area contributed by atoms with E-state index in [-0.39, 0.29) is 11.5 Å². The summed E-state index contributed by atoms with van der Waals surface area (Å²) in [6.45, 7) is 7.41. The van der Waals surface area contributed by atoms with Gasteiger partial charge in [0.1, 0.15) is 6.61 Å². The molecule has 4 bridgehead atoms. The van der Waals surface area contributed by atoms with E-state index >= 15 is 0 Å². The van der Waals surface area contributed by atoms with Crippen LogP contribution in [0.1, 0.15) is 54.2 Å². The van der Waals surface area contributed by atoms with Crippen molar-refractivity contribution >= 4 is 21.8 Å². The molecule has 1 heterocycles. The molecule has 142 valence electrons. The first-order valence-electron chi connectivity index (χ1n) is 9.93. The lowest BCUT2D eigenvalue weighted by atomic mass is 9.88. The summed E-state index contributed by atoms with van der Waals surface area (Å²) < 4.78 is 6.07. The largest absolute Gasteiger partial charge is 0.475 e. The summed E-state index contributed by atoms with van der Waals surface area (Å²) in [7, 11) is 0. The standard InChI is InChI=1S/C24H28BrNO/c1-24(2,3)22-15-27-23(26-22)21-13-17-5-9-18-8-4-16(12-20(18)14-25)6-10-19(21)11-7-17/h4,7-8,11-13,22H,5-6,9-10,14-15H2,1-3H3/t22-/m1/s1. The van der Waals surface area contributed by atoms with Gasteiger partial charge in [-0.25, -0.2) is 4.99 Å². The molecule has 0 N–H and O–H groups in total. The summed E-state index contributed by atoms with van der Waals surface area (Å²) in [5, 5.41) is 0.928. The van der Waals surface area contributed by atoms with E-state index in [1.807, 2.05) is 0 Å². The number of halogens is 1. The van der Waals surface area contributed by atoms with E-state index in [0.717, 1.165) is 36.9 Å². The van der Waals surface area contributed by atoms with Crippen LogP contribution in [0.4, 0.5) is 0 Å². The maximum Gasteiger partial charge on any atom is 0.216 e. The fraction of sp³-hybridized carbons (Fsp3) is 0.458. The van der Waals surface area contributed by atoms with Crippen LogP contribution in [0, 0.1) is 5.41 Å². The number of hydrogen-bond acceptors (Lipinski definition) is 2. The number of ether oxygens (including phenoxy) is 1. The molecule has 27 heavy (non-hydrogen) atoms. The van der Waals surface area contributed by atoms with Crippen LogP contribution in [-0.4, -0.2) is 18.5 Å². The Morgan fingerprint density at radius 2 is 1.63 bits per heavy atom. The van der Waals surface area contributed by atoms with Gasteiger partial charge < -0.3 is 4.74 Å². The lowest BCUT2D eigenvalue weighted by molar-refractivity contribution is 0.236. The Bertz CT molecular complexity index is 878. The molecule has 0 fully saturated rings. The zero-order chi connectivity index (χ0) is 19.0. The molecule has 3 heteroatoms. The molecule has 0 amide bonds. The zero-order valence-corrected chi connectivity index (χ0v) is 18.1. The second kappa shape index (κ2) is 7.43. The zero-order valence-electron chi connectivity index (χ0n) is 16.5. The number of aliphatic imine (C=N–C) groups is 1. The van der Waals surface area contributed by atoms with Crippen molar-refractivity contribution < 1.29 is 4.74 Å². The Labute approximate surface area is 171 Å². The van der Waals surface area contributed by atoms with E-state index in [4.69, 9.17) is 9.73 Å². The van der Waals surface area contributed by atoms with Gasteiger partial charge in [-0.2, -0.15) is 0 Å². The molecule has 0 saturated heterocycles. The molecule has 4 aliphatic carbocycles. The van der Waals surface area contributed by atoms with Crippen LogP contribution in [0.15, 0.2) is 41.4 Å². The van der Waals surface area contributed by atoms with Gasteiger partial charge in [0, 0.05) is 10.9 Å². The molecule has 1 aliphatic heterocycles. The molecule has 0 saturated carbocycles. The van der Waals surface area contributed by atoms with Crippen molar-refractivity contribution in [3.05, 3.63) is 69.8 Å². The van der Waals surface area contributed by atoms with Gasteiger partial charge in [0.15, 0.2) is 0 Å². The highest BCUT2D eigenvalue weighted by Crippen LogP contribution is 2.29. The van der Waals surface area contributed by atoms with E-state index in [2.05, 4.69) is 73.1 Å². The molecule has 0 radical (unpaired) electrons. The highest BCUT2D eigenvalue weighted by Gasteiger charge is 2.31. The fourth-order valence-electron chi connectivity index (χ4n) is 3.92. The van der Waals surface area contributed by atoms with Crippen LogP contribution < -0.4 is 0 Å². The van der Waals surface area contributed by atoms with Crippen LogP contribution in [0.3, 0.4) is 0 Å². The van der Waals surface area contributed by atoms with Gasteiger partial charge in [-0.05, 0) is 65.0 Å². The van der Waals surface area contributed by atoms with Crippen molar-refractivity contribution in [3.8, 4) is 0 Å². The smallest absolute Gasteiger partial charge is 0.216 e. The summed E-state index contributed by atoms with van der Waals surface area (Å²) in [6, 6.07) is 14.1. The molecule has 2 aromatic carbocycles. The second-order valence-corrected chi connectivity index (χ2v) is 9.42. The first-order chi connectivity index (χ1) is 12.9.